The third kappa shape index (κ3) is 2.37. The van der Waals surface area contributed by atoms with Gasteiger partial charge in [-0.2, -0.15) is 0 Å². The molecule has 0 fully saturated rings. The summed E-state index contributed by atoms with van der Waals surface area (Å²) in [6, 6.07) is 13.8. The van der Waals surface area contributed by atoms with E-state index in [1.807, 2.05) is 30.3 Å². The van der Waals surface area contributed by atoms with Crippen LogP contribution in [0, 0.1) is 6.92 Å². The third-order valence-electron chi connectivity index (χ3n) is 3.75. The number of carbonyl (C=O) groups excluding carboxylic acids is 1. The summed E-state index contributed by atoms with van der Waals surface area (Å²) in [5.41, 5.74) is 11.5. The van der Waals surface area contributed by atoms with Gasteiger partial charge in [-0.15, -0.1) is 0 Å². The van der Waals surface area contributed by atoms with Gasteiger partial charge in [0.25, 0.3) is 0 Å². The van der Waals surface area contributed by atoms with Crippen molar-refractivity contribution in [2.45, 2.75) is 19.8 Å². The van der Waals surface area contributed by atoms with Crippen LogP contribution in [-0.2, 0) is 6.42 Å². The van der Waals surface area contributed by atoms with Crippen molar-refractivity contribution < 1.29 is 4.79 Å². The highest BCUT2D eigenvalue weighted by Gasteiger charge is 2.21. The second-order valence-corrected chi connectivity index (χ2v) is 5.33. The van der Waals surface area contributed by atoms with Crippen molar-refractivity contribution in [1.29, 1.82) is 0 Å². The van der Waals surface area contributed by atoms with Gasteiger partial charge in [0, 0.05) is 16.8 Å². The minimum Gasteiger partial charge on any atom is -0.399 e. The van der Waals surface area contributed by atoms with Crippen LogP contribution in [0.5, 0.6) is 0 Å². The minimum atomic E-state index is 0.110. The van der Waals surface area contributed by atoms with Crippen LogP contribution in [0.1, 0.15) is 33.5 Å². The molecule has 3 rings (SSSR count). The van der Waals surface area contributed by atoms with Crippen molar-refractivity contribution in [2.24, 2.45) is 0 Å². The predicted molar refractivity (Wildman–Crippen MR) is 82.7 cm³/mol. The first-order valence-corrected chi connectivity index (χ1v) is 6.84. The van der Waals surface area contributed by atoms with E-state index in [1.54, 1.807) is 6.07 Å². The summed E-state index contributed by atoms with van der Waals surface area (Å²) in [5.74, 6) is 0.110. The Labute approximate surface area is 118 Å². The number of hydrogen-bond acceptors (Lipinski definition) is 2. The van der Waals surface area contributed by atoms with E-state index in [1.165, 1.54) is 5.56 Å². The number of rotatable bonds is 1. The Morgan fingerprint density at radius 2 is 1.80 bits per heavy atom. The number of aryl methyl sites for hydroxylation is 2. The van der Waals surface area contributed by atoms with E-state index in [2.05, 4.69) is 19.1 Å². The molecule has 0 bridgehead atoms. The van der Waals surface area contributed by atoms with Crippen LogP contribution in [0.2, 0.25) is 0 Å². The number of benzene rings is 2. The lowest BCUT2D eigenvalue weighted by Gasteiger charge is -2.18. The number of nitrogen functional groups attached to an aromatic ring is 1. The maximum absolute atomic E-state index is 12.5. The summed E-state index contributed by atoms with van der Waals surface area (Å²) in [5, 5.41) is 0. The van der Waals surface area contributed by atoms with Gasteiger partial charge in [0.15, 0.2) is 5.78 Å². The van der Waals surface area contributed by atoms with Gasteiger partial charge in [0.1, 0.15) is 0 Å². The first kappa shape index (κ1) is 12.7. The molecular formula is C18H17NO. The molecule has 0 atom stereocenters. The summed E-state index contributed by atoms with van der Waals surface area (Å²) in [6.07, 6.45) is 3.69. The van der Waals surface area contributed by atoms with Crippen LogP contribution in [0.4, 0.5) is 5.69 Å². The molecular weight excluding hydrogens is 246 g/mol. The fraction of sp³-hybridized carbons (Fsp3) is 0.167. The molecule has 0 saturated heterocycles. The monoisotopic (exact) mass is 263 g/mol. The minimum absolute atomic E-state index is 0.110. The third-order valence-corrected chi connectivity index (χ3v) is 3.75. The van der Waals surface area contributed by atoms with E-state index in [-0.39, 0.29) is 5.78 Å². The van der Waals surface area contributed by atoms with Gasteiger partial charge in [0.05, 0.1) is 0 Å². The average Bonchev–Trinajstić information content (AvgIpc) is 2.45. The quantitative estimate of drug-likeness (QED) is 0.628. The second kappa shape index (κ2) is 4.97. The largest absolute Gasteiger partial charge is 0.399 e. The van der Waals surface area contributed by atoms with E-state index in [4.69, 9.17) is 5.73 Å². The van der Waals surface area contributed by atoms with Crippen LogP contribution in [-0.4, -0.2) is 5.78 Å². The number of hydrogen-bond donors (Lipinski definition) is 1. The Kier molecular flexibility index (Phi) is 3.15. The number of fused-ring (bicyclic) bond motifs is 1. The van der Waals surface area contributed by atoms with Gasteiger partial charge in [-0.3, -0.25) is 4.79 Å². The molecule has 1 aliphatic rings. The molecule has 1 aliphatic carbocycles. The zero-order valence-electron chi connectivity index (χ0n) is 11.5. The van der Waals surface area contributed by atoms with E-state index in [9.17, 15) is 4.79 Å². The van der Waals surface area contributed by atoms with Crippen molar-refractivity contribution in [2.75, 3.05) is 5.73 Å². The van der Waals surface area contributed by atoms with Crippen molar-refractivity contribution in [3.8, 4) is 0 Å². The van der Waals surface area contributed by atoms with Gasteiger partial charge < -0.3 is 5.73 Å². The highest BCUT2D eigenvalue weighted by molar-refractivity contribution is 6.13. The van der Waals surface area contributed by atoms with Crippen LogP contribution < -0.4 is 5.73 Å². The number of nitrogens with two attached hydrogens (primary N) is 1. The lowest BCUT2D eigenvalue weighted by Crippen LogP contribution is -2.14. The molecule has 2 aromatic rings. The SMILES string of the molecule is Cc1ccc(/C=C2\CCc3ccc(N)cc3C2=O)cc1. The van der Waals surface area contributed by atoms with Crippen molar-refractivity contribution >= 4 is 17.5 Å². The molecule has 0 aliphatic heterocycles. The van der Waals surface area contributed by atoms with E-state index < -0.39 is 0 Å². The number of Topliss-reactive ketones (excluding diaryl/α,β-unsaturated/α-hetero) is 1. The van der Waals surface area contributed by atoms with Gasteiger partial charge in [-0.05, 0) is 49.1 Å². The zero-order chi connectivity index (χ0) is 14.1. The number of ketones is 1. The molecule has 20 heavy (non-hydrogen) atoms. The van der Waals surface area contributed by atoms with Crippen LogP contribution in [0.25, 0.3) is 6.08 Å². The summed E-state index contributed by atoms with van der Waals surface area (Å²) in [4.78, 5) is 12.5. The van der Waals surface area contributed by atoms with Crippen molar-refractivity contribution in [3.63, 3.8) is 0 Å². The summed E-state index contributed by atoms with van der Waals surface area (Å²) >= 11 is 0. The fourth-order valence-corrected chi connectivity index (χ4v) is 2.58. The Balaban J connectivity index is 1.97. The fourth-order valence-electron chi connectivity index (χ4n) is 2.58. The second-order valence-electron chi connectivity index (χ2n) is 5.33. The summed E-state index contributed by atoms with van der Waals surface area (Å²) in [7, 11) is 0. The Morgan fingerprint density at radius 1 is 1.05 bits per heavy atom. The standard InChI is InChI=1S/C18H17NO/c1-12-2-4-13(5-3-12)10-15-7-6-14-8-9-16(19)11-17(14)18(15)20/h2-5,8-11H,6-7,19H2,1H3/b15-10+. The van der Waals surface area contributed by atoms with Crippen molar-refractivity contribution in [1.82, 2.24) is 0 Å². The van der Waals surface area contributed by atoms with Crippen LogP contribution in [0.15, 0.2) is 48.0 Å². The first-order chi connectivity index (χ1) is 9.63. The molecule has 0 heterocycles. The maximum Gasteiger partial charge on any atom is 0.189 e. The molecule has 100 valence electrons. The highest BCUT2D eigenvalue weighted by Crippen LogP contribution is 2.28. The lowest BCUT2D eigenvalue weighted by molar-refractivity contribution is 0.102. The molecule has 0 saturated carbocycles. The van der Waals surface area contributed by atoms with Gasteiger partial charge >= 0.3 is 0 Å². The maximum atomic E-state index is 12.5. The lowest BCUT2D eigenvalue weighted by atomic mass is 9.85. The van der Waals surface area contributed by atoms with E-state index in [0.29, 0.717) is 5.69 Å². The highest BCUT2D eigenvalue weighted by atomic mass is 16.1. The summed E-state index contributed by atoms with van der Waals surface area (Å²) in [6.45, 7) is 2.06. The van der Waals surface area contributed by atoms with E-state index in [0.717, 1.165) is 35.1 Å². The van der Waals surface area contributed by atoms with Crippen LogP contribution in [0.3, 0.4) is 0 Å². The zero-order valence-corrected chi connectivity index (χ0v) is 11.5. The Hall–Kier alpha value is -2.35. The number of allylic oxidation sites excluding steroid dienone is 1. The predicted octanol–water partition coefficient (Wildman–Crippen LogP) is 3.79. The van der Waals surface area contributed by atoms with Crippen molar-refractivity contribution in [3.05, 3.63) is 70.3 Å². The molecule has 0 aromatic heterocycles. The molecule has 0 amide bonds. The van der Waals surface area contributed by atoms with Gasteiger partial charge in [0.2, 0.25) is 0 Å². The van der Waals surface area contributed by atoms with Gasteiger partial charge in [-0.25, -0.2) is 0 Å². The molecule has 0 radical (unpaired) electrons. The Morgan fingerprint density at radius 3 is 2.55 bits per heavy atom. The first-order valence-electron chi connectivity index (χ1n) is 6.84. The number of carbonyl (C=O) groups is 1. The average molecular weight is 263 g/mol. The summed E-state index contributed by atoms with van der Waals surface area (Å²) < 4.78 is 0. The van der Waals surface area contributed by atoms with E-state index >= 15 is 0 Å². The molecule has 0 unspecified atom stereocenters. The molecule has 2 heteroatoms. The molecule has 2 aromatic carbocycles. The topological polar surface area (TPSA) is 43.1 Å². The Bertz CT molecular complexity index is 696. The molecule has 2 N–H and O–H groups in total. The molecule has 0 spiro atoms. The normalized spacial score (nSPS) is 16.2. The van der Waals surface area contributed by atoms with Crippen LogP contribution >= 0.6 is 0 Å². The molecule has 2 nitrogen and oxygen atoms in total. The number of anilines is 1. The smallest absolute Gasteiger partial charge is 0.189 e. The van der Waals surface area contributed by atoms with Gasteiger partial charge in [-0.1, -0.05) is 35.9 Å².